The first-order valence-corrected chi connectivity index (χ1v) is 16.3. The van der Waals surface area contributed by atoms with Crippen LogP contribution in [0.25, 0.3) is 11.1 Å². The molecule has 0 aliphatic rings. The Morgan fingerprint density at radius 2 is 1.58 bits per heavy atom. The third kappa shape index (κ3) is 9.16. The summed E-state index contributed by atoms with van der Waals surface area (Å²) in [6.45, 7) is 3.43. The number of nitriles is 1. The van der Waals surface area contributed by atoms with E-state index in [4.69, 9.17) is 27.8 Å². The molecule has 2 amide bonds. The van der Waals surface area contributed by atoms with Crippen molar-refractivity contribution in [1.29, 1.82) is 5.26 Å². The van der Waals surface area contributed by atoms with Gasteiger partial charge < -0.3 is 10.6 Å². The summed E-state index contributed by atoms with van der Waals surface area (Å²) >= 11 is 12.4. The lowest BCUT2D eigenvalue weighted by atomic mass is 9.84. The van der Waals surface area contributed by atoms with E-state index in [2.05, 4.69) is 16.7 Å². The summed E-state index contributed by atoms with van der Waals surface area (Å²) in [4.78, 5) is 26.1. The maximum atomic E-state index is 13.7. The van der Waals surface area contributed by atoms with Crippen molar-refractivity contribution in [2.24, 2.45) is 0 Å². The van der Waals surface area contributed by atoms with Gasteiger partial charge in [-0.15, -0.1) is 0 Å². The Morgan fingerprint density at radius 3 is 2.16 bits per heavy atom. The lowest BCUT2D eigenvalue weighted by Gasteiger charge is -2.20. The second-order valence-electron chi connectivity index (χ2n) is 11.0. The molecule has 8 nitrogen and oxygen atoms in total. The van der Waals surface area contributed by atoms with Crippen molar-refractivity contribution < 1.29 is 22.6 Å². The summed E-state index contributed by atoms with van der Waals surface area (Å²) < 4.78 is 30.7. The smallest absolute Gasteiger partial charge is 0.266 e. The largest absolute Gasteiger partial charge is 0.351 e. The number of amides is 2. The van der Waals surface area contributed by atoms with Crippen LogP contribution in [-0.4, -0.2) is 37.1 Å². The minimum Gasteiger partial charge on any atom is -0.351 e. The third-order valence-corrected chi connectivity index (χ3v) is 8.59. The van der Waals surface area contributed by atoms with Gasteiger partial charge in [-0.25, -0.2) is 0 Å². The minimum absolute atomic E-state index is 0.228. The summed E-state index contributed by atoms with van der Waals surface area (Å²) in [5, 5.41) is 16.1. The average Bonchev–Trinajstić information content (AvgIpc) is 3.00. The molecule has 0 aromatic heterocycles. The molecule has 3 N–H and O–H groups in total. The van der Waals surface area contributed by atoms with Gasteiger partial charge >= 0.3 is 0 Å². The minimum atomic E-state index is -4.19. The van der Waals surface area contributed by atoms with Crippen LogP contribution in [0.3, 0.4) is 0 Å². The van der Waals surface area contributed by atoms with Gasteiger partial charge in [0.25, 0.3) is 16.0 Å². The molecule has 0 bridgehead atoms. The molecule has 0 saturated carbocycles. The molecular weight excluding hydrogens is 633 g/mol. The Kier molecular flexibility index (Phi) is 10.7. The second-order valence-corrected chi connectivity index (χ2v) is 13.5. The van der Waals surface area contributed by atoms with E-state index < -0.39 is 33.1 Å². The third-order valence-electron chi connectivity index (χ3n) is 7.33. The van der Waals surface area contributed by atoms with Gasteiger partial charge in [-0.2, -0.15) is 13.7 Å². The Morgan fingerprint density at radius 1 is 0.933 bits per heavy atom. The van der Waals surface area contributed by atoms with Crippen molar-refractivity contribution in [3.05, 3.63) is 123 Å². The van der Waals surface area contributed by atoms with Crippen molar-refractivity contribution in [2.45, 2.75) is 31.6 Å². The molecule has 1 atom stereocenters. The molecule has 4 aromatic rings. The van der Waals surface area contributed by atoms with E-state index in [1.165, 1.54) is 0 Å². The lowest BCUT2D eigenvalue weighted by Crippen LogP contribution is -2.28. The van der Waals surface area contributed by atoms with Gasteiger partial charge in [0.2, 0.25) is 5.91 Å². The van der Waals surface area contributed by atoms with Crippen LogP contribution in [0.15, 0.2) is 91.0 Å². The molecule has 232 valence electrons. The van der Waals surface area contributed by atoms with Crippen LogP contribution in [0.2, 0.25) is 10.0 Å². The molecule has 0 heterocycles. The van der Waals surface area contributed by atoms with Gasteiger partial charge in [0.05, 0.1) is 23.2 Å². The lowest BCUT2D eigenvalue weighted by molar-refractivity contribution is -0.117. The second kappa shape index (κ2) is 14.3. The topological polar surface area (TPSA) is 136 Å². The fourth-order valence-electron chi connectivity index (χ4n) is 4.67. The van der Waals surface area contributed by atoms with Crippen LogP contribution in [0.1, 0.15) is 46.8 Å². The zero-order chi connectivity index (χ0) is 32.8. The van der Waals surface area contributed by atoms with Crippen LogP contribution in [0.5, 0.6) is 0 Å². The Balaban J connectivity index is 1.55. The standard InChI is InChI=1S/C34H31Cl2N3O5S/c1-34(2,21-37)26-11-7-24(8-12-26)30(19-22-3-5-25(6-4-22)32(40)38-17-18-45(42,43)44)33(41)39-28-14-9-23(10-15-28)29-16-13-27(35)20-31(29)36/h3-16,20,30H,17-19H2,1-2H3,(H,38,40)(H,39,41)(H,42,43,44). The van der Waals surface area contributed by atoms with Gasteiger partial charge in [0.15, 0.2) is 0 Å². The molecule has 11 heteroatoms. The fourth-order valence-corrected chi connectivity index (χ4v) is 5.55. The molecule has 0 fully saturated rings. The van der Waals surface area contributed by atoms with E-state index in [0.717, 1.165) is 27.8 Å². The first-order valence-electron chi connectivity index (χ1n) is 14.0. The van der Waals surface area contributed by atoms with Gasteiger partial charge in [-0.3, -0.25) is 14.1 Å². The Hall–Kier alpha value is -4.20. The number of carbonyl (C=O) groups excluding carboxylic acids is 2. The molecule has 4 rings (SSSR count). The molecule has 0 aliphatic carbocycles. The van der Waals surface area contributed by atoms with E-state index in [1.54, 1.807) is 48.5 Å². The van der Waals surface area contributed by atoms with E-state index in [9.17, 15) is 23.3 Å². The Labute approximate surface area is 272 Å². The maximum absolute atomic E-state index is 13.7. The number of benzene rings is 4. The number of anilines is 1. The maximum Gasteiger partial charge on any atom is 0.266 e. The van der Waals surface area contributed by atoms with Crippen molar-refractivity contribution >= 4 is 50.8 Å². The van der Waals surface area contributed by atoms with Gasteiger partial charge in [-0.05, 0) is 78.9 Å². The SMILES string of the molecule is CC(C)(C#N)c1ccc(C(Cc2ccc(C(=O)NCCS(=O)(=O)O)cc2)C(=O)Nc2ccc(-c3ccc(Cl)cc3Cl)cc2)cc1. The van der Waals surface area contributed by atoms with Crippen molar-refractivity contribution in [3.8, 4) is 17.2 Å². The summed E-state index contributed by atoms with van der Waals surface area (Å²) in [6.07, 6.45) is 0.315. The zero-order valence-electron chi connectivity index (χ0n) is 24.6. The van der Waals surface area contributed by atoms with Crippen molar-refractivity contribution in [2.75, 3.05) is 17.6 Å². The number of nitrogens with one attached hydrogen (secondary N) is 2. The summed E-state index contributed by atoms with van der Waals surface area (Å²) in [7, 11) is -4.19. The first-order chi connectivity index (χ1) is 21.3. The van der Waals surface area contributed by atoms with Crippen LogP contribution >= 0.6 is 23.2 Å². The number of rotatable bonds is 11. The zero-order valence-corrected chi connectivity index (χ0v) is 26.9. The molecule has 0 saturated heterocycles. The predicted octanol–water partition coefficient (Wildman–Crippen LogP) is 7.04. The summed E-state index contributed by atoms with van der Waals surface area (Å²) in [5.41, 5.74) is 4.26. The van der Waals surface area contributed by atoms with E-state index in [1.807, 2.05) is 56.3 Å². The monoisotopic (exact) mass is 663 g/mol. The first kappa shape index (κ1) is 33.7. The van der Waals surface area contributed by atoms with Gasteiger partial charge in [0.1, 0.15) is 0 Å². The molecule has 0 spiro atoms. The van der Waals surface area contributed by atoms with Crippen LogP contribution in [0.4, 0.5) is 5.69 Å². The van der Waals surface area contributed by atoms with E-state index >= 15 is 0 Å². The van der Waals surface area contributed by atoms with Gasteiger partial charge in [0, 0.05) is 33.4 Å². The van der Waals surface area contributed by atoms with Crippen molar-refractivity contribution in [3.63, 3.8) is 0 Å². The number of hydrogen-bond acceptors (Lipinski definition) is 5. The Bertz CT molecular complexity index is 1840. The average molecular weight is 665 g/mol. The number of halogens is 2. The van der Waals surface area contributed by atoms with Crippen LogP contribution < -0.4 is 10.6 Å². The molecule has 0 radical (unpaired) electrons. The van der Waals surface area contributed by atoms with Crippen LogP contribution in [-0.2, 0) is 26.7 Å². The summed E-state index contributed by atoms with van der Waals surface area (Å²) in [6, 6.07) is 28.9. The van der Waals surface area contributed by atoms with E-state index in [0.29, 0.717) is 27.7 Å². The van der Waals surface area contributed by atoms with Crippen LogP contribution in [0, 0.1) is 11.3 Å². The number of nitrogens with zero attached hydrogens (tertiary/aromatic N) is 1. The van der Waals surface area contributed by atoms with Gasteiger partial charge in [-0.1, -0.05) is 77.8 Å². The number of hydrogen-bond donors (Lipinski definition) is 3. The highest BCUT2D eigenvalue weighted by Crippen LogP contribution is 2.32. The normalized spacial score (nSPS) is 12.2. The highest BCUT2D eigenvalue weighted by Gasteiger charge is 2.24. The summed E-state index contributed by atoms with van der Waals surface area (Å²) in [5.74, 6) is -1.93. The molecule has 45 heavy (non-hydrogen) atoms. The molecular formula is C34H31Cl2N3O5S. The number of carbonyl (C=O) groups is 2. The fraction of sp³-hybridized carbons (Fsp3) is 0.206. The molecule has 4 aromatic carbocycles. The molecule has 1 unspecified atom stereocenters. The molecule has 0 aliphatic heterocycles. The quantitative estimate of drug-likeness (QED) is 0.147. The highest BCUT2D eigenvalue weighted by molar-refractivity contribution is 7.85. The van der Waals surface area contributed by atoms with Crippen molar-refractivity contribution in [1.82, 2.24) is 5.32 Å². The highest BCUT2D eigenvalue weighted by atomic mass is 35.5. The predicted molar refractivity (Wildman–Crippen MR) is 177 cm³/mol. The van der Waals surface area contributed by atoms with E-state index in [-0.39, 0.29) is 12.5 Å².